The average Bonchev–Trinajstić information content (AvgIpc) is 2.92. The Bertz CT molecular complexity index is 792. The first kappa shape index (κ1) is 14.0. The molecule has 0 amide bonds. The number of carbonyl (C=O) groups excluding carboxylic acids is 2. The van der Waals surface area contributed by atoms with Gasteiger partial charge in [-0.05, 0) is 6.92 Å². The van der Waals surface area contributed by atoms with E-state index in [1.54, 1.807) is 31.2 Å². The minimum Gasteiger partial charge on any atom is -0.465 e. The molecule has 3 rings (SSSR count). The van der Waals surface area contributed by atoms with E-state index in [1.807, 2.05) is 0 Å². The topological polar surface area (TPSA) is 93.8 Å². The van der Waals surface area contributed by atoms with Crippen LogP contribution in [-0.4, -0.2) is 38.8 Å². The Morgan fingerprint density at radius 2 is 2.09 bits per heavy atom. The zero-order chi connectivity index (χ0) is 15.7. The number of benzene rings is 1. The third kappa shape index (κ3) is 2.07. The first-order chi connectivity index (χ1) is 10.7. The number of hydrogen-bond acceptors (Lipinski definition) is 6. The van der Waals surface area contributed by atoms with Crippen molar-refractivity contribution in [3.05, 3.63) is 53.1 Å². The second kappa shape index (κ2) is 5.44. The smallest absolute Gasteiger partial charge is 0.326 e. The Labute approximate surface area is 125 Å². The molecule has 0 aliphatic heterocycles. The number of fused-ring (bicyclic) bond motifs is 2. The largest absolute Gasteiger partial charge is 0.465 e. The lowest BCUT2D eigenvalue weighted by Gasteiger charge is -2.17. The first-order valence-electron chi connectivity index (χ1n) is 6.74. The maximum absolute atomic E-state index is 12.6. The molecule has 0 atom stereocenters. The van der Waals surface area contributed by atoms with Crippen LogP contribution in [0.5, 0.6) is 0 Å². The van der Waals surface area contributed by atoms with Crippen LogP contribution in [0.15, 0.2) is 35.7 Å². The molecule has 2 aromatic rings. The monoisotopic (exact) mass is 299 g/mol. The molecule has 1 aromatic heterocycles. The Balaban J connectivity index is 2.10. The van der Waals surface area contributed by atoms with Gasteiger partial charge in [-0.2, -0.15) is 0 Å². The molecule has 7 nitrogen and oxygen atoms in total. The highest BCUT2D eigenvalue weighted by atomic mass is 16.5. The maximum atomic E-state index is 12.6. The SMILES string of the molecule is CCOC(=O)Cn1cnc2c1C(=O)c1ccccc1/C2=N\O. The zero-order valence-electron chi connectivity index (χ0n) is 11.8. The van der Waals surface area contributed by atoms with Crippen molar-refractivity contribution in [2.24, 2.45) is 5.16 Å². The number of esters is 1. The number of hydrogen-bond donors (Lipinski definition) is 1. The van der Waals surface area contributed by atoms with Crippen LogP contribution in [0.25, 0.3) is 0 Å². The van der Waals surface area contributed by atoms with Crippen LogP contribution in [0, 0.1) is 0 Å². The number of oxime groups is 1. The number of rotatable bonds is 3. The molecule has 0 saturated heterocycles. The van der Waals surface area contributed by atoms with Crippen molar-refractivity contribution in [1.29, 1.82) is 0 Å². The van der Waals surface area contributed by atoms with E-state index in [4.69, 9.17) is 4.74 Å². The van der Waals surface area contributed by atoms with Crippen molar-refractivity contribution in [2.45, 2.75) is 13.5 Å². The molecule has 0 unspecified atom stereocenters. The molecule has 0 spiro atoms. The molecular formula is C15H13N3O4. The van der Waals surface area contributed by atoms with Crippen molar-refractivity contribution in [2.75, 3.05) is 6.61 Å². The van der Waals surface area contributed by atoms with Gasteiger partial charge >= 0.3 is 5.97 Å². The summed E-state index contributed by atoms with van der Waals surface area (Å²) in [5, 5.41) is 12.5. The maximum Gasteiger partial charge on any atom is 0.326 e. The molecule has 0 fully saturated rings. The van der Waals surface area contributed by atoms with Crippen LogP contribution >= 0.6 is 0 Å². The van der Waals surface area contributed by atoms with Crippen LogP contribution in [0.1, 0.15) is 34.2 Å². The predicted octanol–water partition coefficient (Wildman–Crippen LogP) is 1.22. The number of aromatic nitrogens is 2. The van der Waals surface area contributed by atoms with Gasteiger partial charge in [-0.15, -0.1) is 0 Å². The van der Waals surface area contributed by atoms with Gasteiger partial charge in [-0.25, -0.2) is 4.98 Å². The molecule has 0 bridgehead atoms. The van der Waals surface area contributed by atoms with Crippen LogP contribution < -0.4 is 0 Å². The second-order valence-corrected chi connectivity index (χ2v) is 4.70. The quantitative estimate of drug-likeness (QED) is 0.446. The van der Waals surface area contributed by atoms with Crippen LogP contribution in [0.2, 0.25) is 0 Å². The Morgan fingerprint density at radius 3 is 2.77 bits per heavy atom. The van der Waals surface area contributed by atoms with Crippen molar-refractivity contribution in [3.63, 3.8) is 0 Å². The van der Waals surface area contributed by atoms with Gasteiger partial charge in [0.15, 0.2) is 0 Å². The summed E-state index contributed by atoms with van der Waals surface area (Å²) in [5.74, 6) is -0.725. The Kier molecular flexibility index (Phi) is 3.46. The first-order valence-corrected chi connectivity index (χ1v) is 6.74. The number of ketones is 1. The van der Waals surface area contributed by atoms with E-state index in [9.17, 15) is 14.8 Å². The van der Waals surface area contributed by atoms with Gasteiger partial charge in [-0.3, -0.25) is 9.59 Å². The van der Waals surface area contributed by atoms with E-state index in [-0.39, 0.29) is 36.0 Å². The molecule has 7 heteroatoms. The fourth-order valence-electron chi connectivity index (χ4n) is 2.50. The summed E-state index contributed by atoms with van der Waals surface area (Å²) in [5.41, 5.74) is 1.63. The van der Waals surface area contributed by atoms with Crippen LogP contribution in [-0.2, 0) is 16.1 Å². The van der Waals surface area contributed by atoms with Gasteiger partial charge in [0, 0.05) is 11.1 Å². The van der Waals surface area contributed by atoms with E-state index in [0.717, 1.165) is 0 Å². The Hall–Kier alpha value is -2.96. The summed E-state index contributed by atoms with van der Waals surface area (Å²) in [6.07, 6.45) is 1.37. The fraction of sp³-hybridized carbons (Fsp3) is 0.200. The molecule has 22 heavy (non-hydrogen) atoms. The second-order valence-electron chi connectivity index (χ2n) is 4.70. The van der Waals surface area contributed by atoms with E-state index < -0.39 is 5.97 Å². The van der Waals surface area contributed by atoms with Crippen molar-refractivity contribution >= 4 is 17.5 Å². The van der Waals surface area contributed by atoms with Gasteiger partial charge < -0.3 is 14.5 Å². The summed E-state index contributed by atoms with van der Waals surface area (Å²) < 4.78 is 6.30. The molecule has 0 radical (unpaired) electrons. The van der Waals surface area contributed by atoms with Crippen molar-refractivity contribution < 1.29 is 19.5 Å². The van der Waals surface area contributed by atoms with Gasteiger partial charge in [0.05, 0.1) is 12.9 Å². The molecule has 112 valence electrons. The standard InChI is InChI=1S/C15H13N3O4/c1-2-22-11(19)7-18-8-16-13-12(17-21)9-5-3-4-6-10(9)15(20)14(13)18/h3-6,8,21H,2,7H2,1H3/b17-12+. The van der Waals surface area contributed by atoms with Crippen LogP contribution in [0.4, 0.5) is 0 Å². The molecule has 0 saturated carbocycles. The number of carbonyl (C=O) groups is 2. The third-order valence-electron chi connectivity index (χ3n) is 3.41. The summed E-state index contributed by atoms with van der Waals surface area (Å²) in [4.78, 5) is 28.4. The van der Waals surface area contributed by atoms with Gasteiger partial charge in [0.2, 0.25) is 5.78 Å². The summed E-state index contributed by atoms with van der Waals surface area (Å²) in [7, 11) is 0. The highest BCUT2D eigenvalue weighted by Gasteiger charge is 2.33. The minimum absolute atomic E-state index is 0.122. The minimum atomic E-state index is -0.461. The van der Waals surface area contributed by atoms with Crippen molar-refractivity contribution in [1.82, 2.24) is 9.55 Å². The molecule has 1 heterocycles. The number of imidazole rings is 1. The molecule has 1 aliphatic rings. The van der Waals surface area contributed by atoms with E-state index in [1.165, 1.54) is 10.9 Å². The lowest BCUT2D eigenvalue weighted by atomic mass is 9.89. The summed E-state index contributed by atoms with van der Waals surface area (Å²) >= 11 is 0. The molecule has 1 aromatic carbocycles. The molecule has 1 aliphatic carbocycles. The number of ether oxygens (including phenoxy) is 1. The van der Waals surface area contributed by atoms with E-state index in [2.05, 4.69) is 10.1 Å². The summed E-state index contributed by atoms with van der Waals surface area (Å²) in [6.45, 7) is 1.85. The third-order valence-corrected chi connectivity index (χ3v) is 3.41. The zero-order valence-corrected chi connectivity index (χ0v) is 11.8. The van der Waals surface area contributed by atoms with E-state index >= 15 is 0 Å². The van der Waals surface area contributed by atoms with E-state index in [0.29, 0.717) is 11.1 Å². The number of nitrogens with zero attached hydrogens (tertiary/aromatic N) is 3. The lowest BCUT2D eigenvalue weighted by Crippen LogP contribution is -2.25. The van der Waals surface area contributed by atoms with Crippen LogP contribution in [0.3, 0.4) is 0 Å². The predicted molar refractivity (Wildman–Crippen MR) is 76.2 cm³/mol. The van der Waals surface area contributed by atoms with Gasteiger partial charge in [0.1, 0.15) is 23.6 Å². The lowest BCUT2D eigenvalue weighted by molar-refractivity contribution is -0.143. The van der Waals surface area contributed by atoms with Crippen molar-refractivity contribution in [3.8, 4) is 0 Å². The Morgan fingerprint density at radius 1 is 1.36 bits per heavy atom. The highest BCUT2D eigenvalue weighted by molar-refractivity contribution is 6.28. The fourth-order valence-corrected chi connectivity index (χ4v) is 2.50. The molecule has 1 N–H and O–H groups in total. The van der Waals surface area contributed by atoms with Gasteiger partial charge in [-0.1, -0.05) is 29.4 Å². The normalized spacial score (nSPS) is 14.6. The molecular weight excluding hydrogens is 286 g/mol. The van der Waals surface area contributed by atoms with Gasteiger partial charge in [0.25, 0.3) is 0 Å². The highest BCUT2D eigenvalue weighted by Crippen LogP contribution is 2.26. The summed E-state index contributed by atoms with van der Waals surface area (Å²) in [6, 6.07) is 6.81. The average molecular weight is 299 g/mol.